The lowest BCUT2D eigenvalue weighted by Gasteiger charge is -2.31. The van der Waals surface area contributed by atoms with Crippen molar-refractivity contribution in [2.45, 2.75) is 43.4 Å². The third kappa shape index (κ3) is 3.96. The third-order valence-corrected chi connectivity index (χ3v) is 6.83. The summed E-state index contributed by atoms with van der Waals surface area (Å²) in [5.41, 5.74) is 0.882. The van der Waals surface area contributed by atoms with Crippen LogP contribution in [0.5, 0.6) is 5.75 Å². The summed E-state index contributed by atoms with van der Waals surface area (Å²) in [5.74, 6) is 1.35. The van der Waals surface area contributed by atoms with E-state index < -0.39 is 0 Å². The van der Waals surface area contributed by atoms with Gasteiger partial charge in [-0.25, -0.2) is 0 Å². The standard InChI is InChI=1S/C16H24N2OS2/c1-11(9-14-18(4)16(2,3)10-20-14)21-15(17)12-7-5-6-8-13(12)19/h5-8,11,14,17,19H,9-10H2,1-4H3. The molecule has 1 aromatic rings. The van der Waals surface area contributed by atoms with Crippen molar-refractivity contribution in [2.24, 2.45) is 0 Å². The van der Waals surface area contributed by atoms with Crippen molar-refractivity contribution < 1.29 is 5.11 Å². The Balaban J connectivity index is 1.92. The third-order valence-electron chi connectivity index (χ3n) is 4.02. The first kappa shape index (κ1) is 16.7. The molecule has 2 N–H and O–H groups in total. The topological polar surface area (TPSA) is 47.3 Å². The fourth-order valence-electron chi connectivity index (χ4n) is 2.39. The van der Waals surface area contributed by atoms with E-state index in [4.69, 9.17) is 5.41 Å². The van der Waals surface area contributed by atoms with Crippen molar-refractivity contribution in [2.75, 3.05) is 12.8 Å². The average molecular weight is 325 g/mol. The molecular weight excluding hydrogens is 300 g/mol. The molecule has 2 atom stereocenters. The molecule has 0 saturated carbocycles. The first-order valence-corrected chi connectivity index (χ1v) is 9.12. The van der Waals surface area contributed by atoms with Crippen LogP contribution >= 0.6 is 23.5 Å². The monoisotopic (exact) mass is 324 g/mol. The maximum atomic E-state index is 9.82. The normalized spacial score (nSPS) is 23.1. The van der Waals surface area contributed by atoms with Crippen LogP contribution in [-0.2, 0) is 0 Å². The van der Waals surface area contributed by atoms with Crippen molar-refractivity contribution in [1.82, 2.24) is 4.90 Å². The van der Waals surface area contributed by atoms with E-state index in [0.717, 1.165) is 12.2 Å². The fourth-order valence-corrected chi connectivity index (χ4v) is 5.23. The highest BCUT2D eigenvalue weighted by atomic mass is 32.2. The van der Waals surface area contributed by atoms with E-state index in [-0.39, 0.29) is 11.3 Å². The smallest absolute Gasteiger partial charge is 0.125 e. The zero-order valence-electron chi connectivity index (χ0n) is 13.1. The van der Waals surface area contributed by atoms with Crippen molar-refractivity contribution in [1.29, 1.82) is 5.41 Å². The minimum atomic E-state index is 0.190. The number of phenolic OH excluding ortho intramolecular Hbond substituents is 1. The SMILES string of the molecule is CC(CC1SCC(C)(C)N1C)SC(=N)c1ccccc1O. The van der Waals surface area contributed by atoms with Crippen molar-refractivity contribution in [3.8, 4) is 5.75 Å². The number of thioether (sulfide) groups is 2. The summed E-state index contributed by atoms with van der Waals surface area (Å²) in [7, 11) is 2.19. The first-order chi connectivity index (χ1) is 9.81. The van der Waals surface area contributed by atoms with E-state index in [0.29, 0.717) is 21.2 Å². The highest BCUT2D eigenvalue weighted by Crippen LogP contribution is 2.39. The number of rotatable bonds is 4. The second kappa shape index (κ2) is 6.63. The van der Waals surface area contributed by atoms with Crippen LogP contribution in [0.4, 0.5) is 0 Å². The molecular formula is C16H24N2OS2. The Morgan fingerprint density at radius 1 is 1.52 bits per heavy atom. The van der Waals surface area contributed by atoms with Gasteiger partial charge < -0.3 is 5.11 Å². The number of hydrogen-bond acceptors (Lipinski definition) is 5. The van der Waals surface area contributed by atoms with Gasteiger partial charge in [-0.15, -0.1) is 23.5 Å². The minimum Gasteiger partial charge on any atom is -0.507 e. The molecule has 1 saturated heterocycles. The molecule has 5 heteroatoms. The summed E-state index contributed by atoms with van der Waals surface area (Å²) < 4.78 is 0. The van der Waals surface area contributed by atoms with E-state index in [2.05, 4.69) is 32.7 Å². The van der Waals surface area contributed by atoms with Gasteiger partial charge in [0.05, 0.1) is 10.4 Å². The molecule has 1 aromatic carbocycles. The molecule has 3 nitrogen and oxygen atoms in total. The lowest BCUT2D eigenvalue weighted by Crippen LogP contribution is -2.41. The second-order valence-electron chi connectivity index (χ2n) is 6.20. The van der Waals surface area contributed by atoms with E-state index in [1.807, 2.05) is 17.8 Å². The van der Waals surface area contributed by atoms with Crippen molar-refractivity contribution in [3.63, 3.8) is 0 Å². The summed E-state index contributed by atoms with van der Waals surface area (Å²) in [6, 6.07) is 7.08. The Morgan fingerprint density at radius 3 is 2.76 bits per heavy atom. The molecule has 0 aromatic heterocycles. The largest absolute Gasteiger partial charge is 0.507 e. The number of nitrogens with one attached hydrogen (secondary N) is 1. The van der Waals surface area contributed by atoms with Crippen LogP contribution < -0.4 is 0 Å². The van der Waals surface area contributed by atoms with Crippen LogP contribution in [0.15, 0.2) is 24.3 Å². The molecule has 1 heterocycles. The maximum absolute atomic E-state index is 9.82. The summed E-state index contributed by atoms with van der Waals surface area (Å²) >= 11 is 3.54. The van der Waals surface area contributed by atoms with Crippen LogP contribution in [0.3, 0.4) is 0 Å². The molecule has 116 valence electrons. The number of nitrogens with zero attached hydrogens (tertiary/aromatic N) is 1. The average Bonchev–Trinajstić information content (AvgIpc) is 2.66. The molecule has 0 aliphatic carbocycles. The Kier molecular flexibility index (Phi) is 5.28. The predicted molar refractivity (Wildman–Crippen MR) is 94.7 cm³/mol. The van der Waals surface area contributed by atoms with Gasteiger partial charge >= 0.3 is 0 Å². The second-order valence-corrected chi connectivity index (χ2v) is 8.81. The predicted octanol–water partition coefficient (Wildman–Crippen LogP) is 4.01. The number of phenols is 1. The van der Waals surface area contributed by atoms with Crippen LogP contribution in [0.1, 0.15) is 32.8 Å². The van der Waals surface area contributed by atoms with E-state index >= 15 is 0 Å². The zero-order valence-corrected chi connectivity index (χ0v) is 14.7. The van der Waals surface area contributed by atoms with Gasteiger partial charge in [0, 0.05) is 22.1 Å². The highest BCUT2D eigenvalue weighted by Gasteiger charge is 2.37. The molecule has 2 rings (SSSR count). The molecule has 21 heavy (non-hydrogen) atoms. The molecule has 0 bridgehead atoms. The van der Waals surface area contributed by atoms with Crippen molar-refractivity contribution in [3.05, 3.63) is 29.8 Å². The van der Waals surface area contributed by atoms with E-state index in [9.17, 15) is 5.11 Å². The van der Waals surface area contributed by atoms with E-state index in [1.165, 1.54) is 11.8 Å². The molecule has 1 aliphatic rings. The van der Waals surface area contributed by atoms with Gasteiger partial charge in [0.2, 0.25) is 0 Å². The Hall–Kier alpha value is -0.650. The summed E-state index contributed by atoms with van der Waals surface area (Å²) in [6.07, 6.45) is 1.05. The Morgan fingerprint density at radius 2 is 2.19 bits per heavy atom. The van der Waals surface area contributed by atoms with Gasteiger partial charge in [-0.3, -0.25) is 10.3 Å². The Bertz CT molecular complexity index is 519. The lowest BCUT2D eigenvalue weighted by molar-refractivity contribution is 0.180. The molecule has 0 radical (unpaired) electrons. The van der Waals surface area contributed by atoms with Crippen LogP contribution in [0, 0.1) is 5.41 Å². The van der Waals surface area contributed by atoms with Crippen LogP contribution in [0.25, 0.3) is 0 Å². The Labute approximate surface area is 136 Å². The molecule has 2 unspecified atom stereocenters. The van der Waals surface area contributed by atoms with Gasteiger partial charge in [-0.2, -0.15) is 0 Å². The number of benzene rings is 1. The van der Waals surface area contributed by atoms with Crippen LogP contribution in [-0.4, -0.2) is 44.0 Å². The van der Waals surface area contributed by atoms with Crippen LogP contribution in [0.2, 0.25) is 0 Å². The van der Waals surface area contributed by atoms with Gasteiger partial charge in [-0.05, 0) is 39.4 Å². The molecule has 0 amide bonds. The first-order valence-electron chi connectivity index (χ1n) is 7.19. The lowest BCUT2D eigenvalue weighted by atomic mass is 10.1. The van der Waals surface area contributed by atoms with Gasteiger partial charge in [0.1, 0.15) is 5.75 Å². The minimum absolute atomic E-state index is 0.190. The molecule has 1 aliphatic heterocycles. The number of para-hydroxylation sites is 1. The van der Waals surface area contributed by atoms with Gasteiger partial charge in [-0.1, -0.05) is 19.1 Å². The summed E-state index contributed by atoms with van der Waals surface area (Å²) in [6.45, 7) is 6.72. The number of aromatic hydroxyl groups is 1. The molecule has 1 fully saturated rings. The summed E-state index contributed by atoms with van der Waals surface area (Å²) in [4.78, 5) is 2.44. The zero-order chi connectivity index (χ0) is 15.6. The molecule has 0 spiro atoms. The quantitative estimate of drug-likeness (QED) is 0.649. The van der Waals surface area contributed by atoms with Gasteiger partial charge in [0.15, 0.2) is 0 Å². The van der Waals surface area contributed by atoms with Gasteiger partial charge in [0.25, 0.3) is 0 Å². The fraction of sp³-hybridized carbons (Fsp3) is 0.562. The van der Waals surface area contributed by atoms with E-state index in [1.54, 1.807) is 18.2 Å². The maximum Gasteiger partial charge on any atom is 0.125 e. The van der Waals surface area contributed by atoms with Crippen molar-refractivity contribution >= 4 is 28.6 Å². The highest BCUT2D eigenvalue weighted by molar-refractivity contribution is 8.14. The summed E-state index contributed by atoms with van der Waals surface area (Å²) in [5, 5.41) is 19.3. The number of hydrogen-bond donors (Lipinski definition) is 2.